The van der Waals surface area contributed by atoms with Crippen LogP contribution in [0.4, 0.5) is 11.4 Å². The molecule has 156 valence electrons. The Hall–Kier alpha value is -2.65. The fourth-order valence-corrected chi connectivity index (χ4v) is 3.91. The molecule has 0 spiro atoms. The third kappa shape index (κ3) is 5.70. The van der Waals surface area contributed by atoms with Crippen molar-refractivity contribution in [2.75, 3.05) is 16.4 Å². The van der Waals surface area contributed by atoms with Crippen LogP contribution in [0.2, 0.25) is 0 Å². The molecule has 0 saturated heterocycles. The lowest BCUT2D eigenvalue weighted by molar-refractivity contribution is -0.116. The van der Waals surface area contributed by atoms with E-state index < -0.39 is 0 Å². The number of aromatic nitrogens is 3. The summed E-state index contributed by atoms with van der Waals surface area (Å²) in [6.45, 7) is 3.97. The number of anilines is 2. The van der Waals surface area contributed by atoms with Gasteiger partial charge in [0.05, 0.1) is 17.9 Å². The Bertz CT molecular complexity index is 1080. The van der Waals surface area contributed by atoms with E-state index in [9.17, 15) is 9.59 Å². The zero-order valence-electron chi connectivity index (χ0n) is 16.9. The number of benzene rings is 2. The second kappa shape index (κ2) is 9.90. The van der Waals surface area contributed by atoms with Gasteiger partial charge in [0.25, 0.3) is 0 Å². The van der Waals surface area contributed by atoms with Crippen LogP contribution in [0.5, 0.6) is 0 Å². The van der Waals surface area contributed by atoms with Crippen LogP contribution < -0.4 is 10.6 Å². The molecule has 0 atom stereocenters. The molecule has 0 radical (unpaired) electrons. The summed E-state index contributed by atoms with van der Waals surface area (Å²) in [5, 5.41) is 14.5. The Morgan fingerprint density at radius 3 is 2.50 bits per heavy atom. The summed E-state index contributed by atoms with van der Waals surface area (Å²) in [5.41, 5.74) is 3.65. The maximum absolute atomic E-state index is 12.4. The molecule has 0 aliphatic heterocycles. The number of para-hydroxylation sites is 1. The molecule has 9 heteroatoms. The number of amides is 2. The van der Waals surface area contributed by atoms with Crippen LogP contribution in [0.15, 0.2) is 52.1 Å². The summed E-state index contributed by atoms with van der Waals surface area (Å²) in [4.78, 5) is 24.6. The largest absolute Gasteiger partial charge is 0.325 e. The first-order chi connectivity index (χ1) is 14.3. The molecule has 0 bridgehead atoms. The summed E-state index contributed by atoms with van der Waals surface area (Å²) in [6.07, 6.45) is 0.0978. The van der Waals surface area contributed by atoms with Gasteiger partial charge in [0.2, 0.25) is 11.8 Å². The number of aryl methyl sites for hydroxylation is 2. The number of hydrogen-bond acceptors (Lipinski definition) is 5. The van der Waals surface area contributed by atoms with E-state index in [1.54, 1.807) is 11.6 Å². The second-order valence-electron chi connectivity index (χ2n) is 6.82. The lowest BCUT2D eigenvalue weighted by atomic mass is 10.1. The average Bonchev–Trinajstić information content (AvgIpc) is 3.04. The minimum Gasteiger partial charge on any atom is -0.325 e. The van der Waals surface area contributed by atoms with Crippen molar-refractivity contribution in [2.24, 2.45) is 7.05 Å². The molecule has 1 heterocycles. The molecule has 0 aliphatic carbocycles. The van der Waals surface area contributed by atoms with Crippen LogP contribution in [0.3, 0.4) is 0 Å². The van der Waals surface area contributed by atoms with E-state index in [-0.39, 0.29) is 24.0 Å². The van der Waals surface area contributed by atoms with Gasteiger partial charge in [-0.2, -0.15) is 0 Å². The number of rotatable bonds is 7. The molecule has 0 saturated carbocycles. The van der Waals surface area contributed by atoms with Crippen LogP contribution >= 0.6 is 27.7 Å². The summed E-state index contributed by atoms with van der Waals surface area (Å²) < 4.78 is 2.55. The summed E-state index contributed by atoms with van der Waals surface area (Å²) in [6, 6.07) is 13.3. The predicted octanol–water partition coefficient (Wildman–Crippen LogP) is 4.11. The number of nitrogens with one attached hydrogen (secondary N) is 2. The number of carbonyl (C=O) groups excluding carboxylic acids is 2. The lowest BCUT2D eigenvalue weighted by Crippen LogP contribution is -2.18. The van der Waals surface area contributed by atoms with E-state index in [0.29, 0.717) is 16.7 Å². The number of hydrogen-bond donors (Lipinski definition) is 2. The minimum absolute atomic E-state index is 0.0978. The van der Waals surface area contributed by atoms with Gasteiger partial charge in [0.15, 0.2) is 5.16 Å². The SMILES string of the molecule is Cc1ccc(NC(=O)Cc2nnc(SCC(=O)Nc3ccccc3Br)n2C)c(C)c1. The van der Waals surface area contributed by atoms with Gasteiger partial charge in [-0.15, -0.1) is 10.2 Å². The maximum Gasteiger partial charge on any atom is 0.234 e. The topological polar surface area (TPSA) is 88.9 Å². The minimum atomic E-state index is -0.166. The van der Waals surface area contributed by atoms with Crippen molar-refractivity contribution >= 4 is 50.9 Å². The monoisotopic (exact) mass is 487 g/mol. The van der Waals surface area contributed by atoms with Crippen molar-refractivity contribution in [3.8, 4) is 0 Å². The van der Waals surface area contributed by atoms with Gasteiger partial charge >= 0.3 is 0 Å². The molecule has 0 aliphatic rings. The van der Waals surface area contributed by atoms with Crippen LogP contribution in [0.1, 0.15) is 17.0 Å². The third-order valence-corrected chi connectivity index (χ3v) is 6.09. The second-order valence-corrected chi connectivity index (χ2v) is 8.61. The molecule has 0 unspecified atom stereocenters. The molecular formula is C21H22BrN5O2S. The molecule has 2 N–H and O–H groups in total. The highest BCUT2D eigenvalue weighted by Crippen LogP contribution is 2.22. The molecule has 2 aromatic carbocycles. The quantitative estimate of drug-likeness (QED) is 0.489. The number of halogens is 1. The third-order valence-electron chi connectivity index (χ3n) is 4.38. The fraction of sp³-hybridized carbons (Fsp3) is 0.238. The molecule has 3 rings (SSSR count). The first-order valence-corrected chi connectivity index (χ1v) is 11.0. The summed E-state index contributed by atoms with van der Waals surface area (Å²) >= 11 is 4.67. The number of carbonyl (C=O) groups is 2. The Balaban J connectivity index is 1.55. The number of thioether (sulfide) groups is 1. The molecule has 30 heavy (non-hydrogen) atoms. The molecule has 3 aromatic rings. The average molecular weight is 488 g/mol. The predicted molar refractivity (Wildman–Crippen MR) is 123 cm³/mol. The molecule has 1 aromatic heterocycles. The van der Waals surface area contributed by atoms with Crippen molar-refractivity contribution in [1.82, 2.24) is 14.8 Å². The van der Waals surface area contributed by atoms with E-state index >= 15 is 0 Å². The summed E-state index contributed by atoms with van der Waals surface area (Å²) in [5.74, 6) is 0.401. The first kappa shape index (κ1) is 22.0. The van der Waals surface area contributed by atoms with E-state index in [1.165, 1.54) is 11.8 Å². The molecule has 7 nitrogen and oxygen atoms in total. The highest BCUT2D eigenvalue weighted by atomic mass is 79.9. The van der Waals surface area contributed by atoms with Crippen molar-refractivity contribution in [2.45, 2.75) is 25.4 Å². The van der Waals surface area contributed by atoms with Crippen LogP contribution in [-0.2, 0) is 23.1 Å². The fourth-order valence-electron chi connectivity index (χ4n) is 2.80. The van der Waals surface area contributed by atoms with Gasteiger partial charge in [-0.1, -0.05) is 41.6 Å². The normalized spacial score (nSPS) is 10.7. The van der Waals surface area contributed by atoms with Crippen LogP contribution in [-0.4, -0.2) is 32.3 Å². The highest BCUT2D eigenvalue weighted by molar-refractivity contribution is 9.10. The first-order valence-electron chi connectivity index (χ1n) is 9.26. The van der Waals surface area contributed by atoms with Crippen molar-refractivity contribution in [3.63, 3.8) is 0 Å². The zero-order chi connectivity index (χ0) is 21.7. The van der Waals surface area contributed by atoms with E-state index in [0.717, 1.165) is 21.3 Å². The van der Waals surface area contributed by atoms with Crippen molar-refractivity contribution in [1.29, 1.82) is 0 Å². The maximum atomic E-state index is 12.4. The smallest absolute Gasteiger partial charge is 0.234 e. The van der Waals surface area contributed by atoms with Gasteiger partial charge < -0.3 is 15.2 Å². The standard InChI is InChI=1S/C21H22BrN5O2S/c1-13-8-9-16(14(2)10-13)23-19(28)11-18-25-26-21(27(18)3)30-12-20(29)24-17-7-5-4-6-15(17)22/h4-10H,11-12H2,1-3H3,(H,23,28)(H,24,29). The Kier molecular flexibility index (Phi) is 7.28. The Morgan fingerprint density at radius 1 is 1.03 bits per heavy atom. The Labute approximate surface area is 187 Å². The lowest BCUT2D eigenvalue weighted by Gasteiger charge is -2.09. The molecular weight excluding hydrogens is 466 g/mol. The van der Waals surface area contributed by atoms with Crippen molar-refractivity contribution < 1.29 is 9.59 Å². The van der Waals surface area contributed by atoms with E-state index in [1.807, 2.05) is 56.3 Å². The van der Waals surface area contributed by atoms with Crippen molar-refractivity contribution in [3.05, 3.63) is 63.9 Å². The van der Waals surface area contributed by atoms with Gasteiger partial charge in [0.1, 0.15) is 5.82 Å². The molecule has 0 fully saturated rings. The highest BCUT2D eigenvalue weighted by Gasteiger charge is 2.15. The summed E-state index contributed by atoms with van der Waals surface area (Å²) in [7, 11) is 1.79. The molecule has 2 amide bonds. The van der Waals surface area contributed by atoms with Gasteiger partial charge in [-0.3, -0.25) is 9.59 Å². The van der Waals surface area contributed by atoms with Gasteiger partial charge in [-0.25, -0.2) is 0 Å². The van der Waals surface area contributed by atoms with Crippen LogP contribution in [0, 0.1) is 13.8 Å². The van der Waals surface area contributed by atoms with E-state index in [2.05, 4.69) is 36.8 Å². The zero-order valence-corrected chi connectivity index (χ0v) is 19.3. The van der Waals surface area contributed by atoms with Crippen LogP contribution in [0.25, 0.3) is 0 Å². The van der Waals surface area contributed by atoms with E-state index in [4.69, 9.17) is 0 Å². The van der Waals surface area contributed by atoms with Gasteiger partial charge in [-0.05, 0) is 53.5 Å². The number of nitrogens with zero attached hydrogens (tertiary/aromatic N) is 3. The van der Waals surface area contributed by atoms with Gasteiger partial charge in [0, 0.05) is 17.2 Å². The Morgan fingerprint density at radius 2 is 1.77 bits per heavy atom.